The van der Waals surface area contributed by atoms with Crippen molar-refractivity contribution in [1.82, 2.24) is 0 Å². The van der Waals surface area contributed by atoms with E-state index >= 15 is 0 Å². The lowest BCUT2D eigenvalue weighted by Crippen LogP contribution is -1.83. The van der Waals surface area contributed by atoms with Crippen LogP contribution in [0.25, 0.3) is 0 Å². The molecule has 1 aromatic carbocycles. The molecule has 0 amide bonds. The number of thioether (sulfide) groups is 1. The molecule has 1 aromatic rings. The molecule has 98 valence electrons. The molecule has 0 aromatic heterocycles. The second kappa shape index (κ2) is 10.0. The van der Waals surface area contributed by atoms with E-state index in [1.165, 1.54) is 42.6 Å². The molecule has 0 spiro atoms. The molecule has 1 rings (SSSR count). The number of hydrogen-bond acceptors (Lipinski definition) is 1. The Labute approximate surface area is 116 Å². The lowest BCUT2D eigenvalue weighted by atomic mass is 10.1. The first-order valence-corrected chi connectivity index (χ1v) is 7.75. The Morgan fingerprint density at radius 3 is 2.61 bits per heavy atom. The van der Waals surface area contributed by atoms with Crippen LogP contribution in [-0.2, 0) is 0 Å². The Morgan fingerprint density at radius 2 is 1.94 bits per heavy atom. The Hall–Kier alpha value is -0.950. The third-order valence-corrected chi connectivity index (χ3v) is 3.86. The van der Waals surface area contributed by atoms with Crippen molar-refractivity contribution in [3.63, 3.8) is 0 Å². The van der Waals surface area contributed by atoms with E-state index in [4.69, 9.17) is 0 Å². The average Bonchev–Trinajstić information content (AvgIpc) is 2.42. The molecule has 0 radical (unpaired) electrons. The van der Waals surface area contributed by atoms with Crippen molar-refractivity contribution in [2.24, 2.45) is 0 Å². The van der Waals surface area contributed by atoms with E-state index in [1.54, 1.807) is 0 Å². The van der Waals surface area contributed by atoms with Crippen LogP contribution in [0.2, 0.25) is 0 Å². The van der Waals surface area contributed by atoms with Gasteiger partial charge in [0.25, 0.3) is 0 Å². The van der Waals surface area contributed by atoms with E-state index in [0.29, 0.717) is 0 Å². The molecule has 0 bridgehead atoms. The van der Waals surface area contributed by atoms with Crippen LogP contribution in [-0.4, -0.2) is 0 Å². The van der Waals surface area contributed by atoms with Crippen LogP contribution in [0.15, 0.2) is 58.9 Å². The lowest BCUT2D eigenvalue weighted by molar-refractivity contribution is 0.661. The summed E-state index contributed by atoms with van der Waals surface area (Å²) in [4.78, 5) is 1.31. The summed E-state index contributed by atoms with van der Waals surface area (Å²) in [7, 11) is 0. The van der Waals surface area contributed by atoms with Gasteiger partial charge in [-0.1, -0.05) is 67.8 Å². The molecule has 0 aliphatic carbocycles. The molecule has 0 nitrogen and oxygen atoms in total. The van der Waals surface area contributed by atoms with Crippen LogP contribution in [0.4, 0.5) is 0 Å². The number of hydrogen-bond donors (Lipinski definition) is 0. The molecule has 0 heterocycles. The minimum atomic E-state index is 1.02. The van der Waals surface area contributed by atoms with E-state index in [0.717, 1.165) is 6.42 Å². The predicted molar refractivity (Wildman–Crippen MR) is 84.0 cm³/mol. The van der Waals surface area contributed by atoms with Gasteiger partial charge in [0.05, 0.1) is 0 Å². The van der Waals surface area contributed by atoms with Crippen LogP contribution in [0, 0.1) is 0 Å². The zero-order valence-electron chi connectivity index (χ0n) is 11.4. The van der Waals surface area contributed by atoms with Crippen molar-refractivity contribution < 1.29 is 0 Å². The molecular weight excluding hydrogens is 236 g/mol. The molecular formula is C17H24S. The normalized spacial score (nSPS) is 11.5. The van der Waals surface area contributed by atoms with Crippen LogP contribution in [0.1, 0.15) is 45.4 Å². The summed E-state index contributed by atoms with van der Waals surface area (Å²) in [5.41, 5.74) is 1.51. The molecule has 0 saturated carbocycles. The van der Waals surface area contributed by atoms with Gasteiger partial charge < -0.3 is 0 Å². The second-order valence-corrected chi connectivity index (χ2v) is 5.45. The molecule has 0 aliphatic heterocycles. The first kappa shape index (κ1) is 15.1. The minimum Gasteiger partial charge on any atom is -0.103 e. The Morgan fingerprint density at radius 1 is 1.17 bits per heavy atom. The maximum atomic E-state index is 3.85. The molecule has 0 aliphatic rings. The summed E-state index contributed by atoms with van der Waals surface area (Å²) in [5.74, 6) is 0. The maximum absolute atomic E-state index is 3.85. The van der Waals surface area contributed by atoms with E-state index in [2.05, 4.69) is 49.2 Å². The van der Waals surface area contributed by atoms with Gasteiger partial charge in [-0.2, -0.15) is 0 Å². The van der Waals surface area contributed by atoms with E-state index in [9.17, 15) is 0 Å². The van der Waals surface area contributed by atoms with E-state index in [1.807, 2.05) is 17.8 Å². The van der Waals surface area contributed by atoms with Crippen molar-refractivity contribution in [3.05, 3.63) is 54.0 Å². The zero-order valence-corrected chi connectivity index (χ0v) is 12.2. The first-order valence-electron chi connectivity index (χ1n) is 6.87. The van der Waals surface area contributed by atoms with E-state index < -0.39 is 0 Å². The fourth-order valence-electron chi connectivity index (χ4n) is 1.82. The second-order valence-electron chi connectivity index (χ2n) is 4.51. The summed E-state index contributed by atoms with van der Waals surface area (Å²) in [6.45, 7) is 6.11. The summed E-state index contributed by atoms with van der Waals surface area (Å²) in [6.07, 6.45) is 9.56. The van der Waals surface area contributed by atoms with Crippen LogP contribution >= 0.6 is 11.8 Å². The lowest BCUT2D eigenvalue weighted by Gasteiger charge is -2.05. The van der Waals surface area contributed by atoms with Gasteiger partial charge in [0.15, 0.2) is 0 Å². The van der Waals surface area contributed by atoms with Gasteiger partial charge in [-0.3, -0.25) is 0 Å². The standard InChI is InChI=1S/C17H24S/c1-3-5-6-8-12-16(11-4-2)15-18-17-13-9-7-10-14-17/h4,7,9-10,13-15H,2-3,5-6,8,11-12H2,1H3/b16-15-. The SMILES string of the molecule is C=CC/C(=C/Sc1ccccc1)CCCCCC. The highest BCUT2D eigenvalue weighted by molar-refractivity contribution is 8.02. The van der Waals surface area contributed by atoms with Gasteiger partial charge in [0.1, 0.15) is 0 Å². The summed E-state index contributed by atoms with van der Waals surface area (Å²) < 4.78 is 0. The van der Waals surface area contributed by atoms with Gasteiger partial charge in [0, 0.05) is 4.90 Å². The smallest absolute Gasteiger partial charge is 0.0116 e. The minimum absolute atomic E-state index is 1.02. The first-order chi connectivity index (χ1) is 8.86. The third kappa shape index (κ3) is 6.70. The molecule has 18 heavy (non-hydrogen) atoms. The number of rotatable bonds is 9. The highest BCUT2D eigenvalue weighted by Gasteiger charge is 1.97. The summed E-state index contributed by atoms with van der Waals surface area (Å²) in [6, 6.07) is 10.5. The van der Waals surface area contributed by atoms with E-state index in [-0.39, 0.29) is 0 Å². The van der Waals surface area contributed by atoms with Gasteiger partial charge >= 0.3 is 0 Å². The summed E-state index contributed by atoms with van der Waals surface area (Å²) in [5, 5.41) is 2.31. The summed E-state index contributed by atoms with van der Waals surface area (Å²) >= 11 is 1.82. The molecule has 0 atom stereocenters. The van der Waals surface area contributed by atoms with Gasteiger partial charge in [-0.15, -0.1) is 6.58 Å². The highest BCUT2D eigenvalue weighted by atomic mass is 32.2. The predicted octanol–water partition coefficient (Wildman–Crippen LogP) is 6.21. The molecule has 0 saturated heterocycles. The number of benzene rings is 1. The van der Waals surface area contributed by atoms with Crippen LogP contribution in [0.3, 0.4) is 0 Å². The fourth-order valence-corrected chi connectivity index (χ4v) is 2.65. The third-order valence-electron chi connectivity index (χ3n) is 2.86. The Balaban J connectivity index is 2.42. The monoisotopic (exact) mass is 260 g/mol. The van der Waals surface area contributed by atoms with Gasteiger partial charge in [-0.05, 0) is 36.8 Å². The largest absolute Gasteiger partial charge is 0.103 e. The molecule has 1 heteroatoms. The Bertz CT molecular complexity index is 351. The highest BCUT2D eigenvalue weighted by Crippen LogP contribution is 2.24. The van der Waals surface area contributed by atoms with Crippen LogP contribution < -0.4 is 0 Å². The van der Waals surface area contributed by atoms with Crippen molar-refractivity contribution in [2.75, 3.05) is 0 Å². The molecule has 0 N–H and O–H groups in total. The Kier molecular flexibility index (Phi) is 8.41. The van der Waals surface area contributed by atoms with Gasteiger partial charge in [-0.25, -0.2) is 0 Å². The topological polar surface area (TPSA) is 0 Å². The van der Waals surface area contributed by atoms with Crippen molar-refractivity contribution >= 4 is 11.8 Å². The number of unbranched alkanes of at least 4 members (excludes halogenated alkanes) is 3. The molecule has 0 unspecified atom stereocenters. The fraction of sp³-hybridized carbons (Fsp3) is 0.412. The average molecular weight is 260 g/mol. The van der Waals surface area contributed by atoms with Crippen molar-refractivity contribution in [3.8, 4) is 0 Å². The van der Waals surface area contributed by atoms with Crippen LogP contribution in [0.5, 0.6) is 0 Å². The van der Waals surface area contributed by atoms with Crippen molar-refractivity contribution in [1.29, 1.82) is 0 Å². The number of allylic oxidation sites excluding steroid dienone is 2. The maximum Gasteiger partial charge on any atom is 0.0116 e. The molecule has 0 fully saturated rings. The quantitative estimate of drug-likeness (QED) is 0.289. The zero-order chi connectivity index (χ0) is 13.1. The van der Waals surface area contributed by atoms with Crippen molar-refractivity contribution in [2.45, 2.75) is 50.3 Å². The van der Waals surface area contributed by atoms with Gasteiger partial charge in [0.2, 0.25) is 0 Å².